The first-order valence-electron chi connectivity index (χ1n) is 5.76. The summed E-state index contributed by atoms with van der Waals surface area (Å²) in [5.74, 6) is 0.115. The van der Waals surface area contributed by atoms with Gasteiger partial charge in [-0.15, -0.1) is 0 Å². The van der Waals surface area contributed by atoms with Crippen LogP contribution in [0.15, 0.2) is 24.5 Å². The Balaban J connectivity index is 2.44. The van der Waals surface area contributed by atoms with Gasteiger partial charge in [0.05, 0.1) is 6.42 Å². The van der Waals surface area contributed by atoms with E-state index in [0.29, 0.717) is 6.42 Å². The van der Waals surface area contributed by atoms with Crippen molar-refractivity contribution in [2.24, 2.45) is 0 Å². The van der Waals surface area contributed by atoms with E-state index in [9.17, 15) is 4.79 Å². The van der Waals surface area contributed by atoms with Crippen LogP contribution in [-0.4, -0.2) is 34.5 Å². The molecule has 0 aliphatic heterocycles. The second-order valence-electron chi connectivity index (χ2n) is 4.28. The minimum absolute atomic E-state index is 0.115. The second kappa shape index (κ2) is 4.57. The molecular weight excluding hydrogens is 214 g/mol. The number of likely N-dealkylation sites (N-methyl/N-ethyl adjacent to an activating group) is 1. The highest BCUT2D eigenvalue weighted by Gasteiger charge is 2.12. The fourth-order valence-electron chi connectivity index (χ4n) is 1.90. The fourth-order valence-corrected chi connectivity index (χ4v) is 1.90. The molecule has 0 N–H and O–H groups in total. The quantitative estimate of drug-likeness (QED) is 0.806. The van der Waals surface area contributed by atoms with Gasteiger partial charge in [-0.05, 0) is 24.6 Å². The highest BCUT2D eigenvalue weighted by molar-refractivity contribution is 5.87. The SMILES string of the molecule is CCn1cc(CC(=O)N(C)C)c2cccnc21. The molecule has 0 saturated carbocycles. The van der Waals surface area contributed by atoms with E-state index in [4.69, 9.17) is 0 Å². The lowest BCUT2D eigenvalue weighted by atomic mass is 10.1. The normalized spacial score (nSPS) is 10.8. The van der Waals surface area contributed by atoms with Gasteiger partial charge in [-0.3, -0.25) is 4.79 Å². The van der Waals surface area contributed by atoms with E-state index in [0.717, 1.165) is 23.1 Å². The second-order valence-corrected chi connectivity index (χ2v) is 4.28. The van der Waals surface area contributed by atoms with Crippen molar-refractivity contribution in [3.63, 3.8) is 0 Å². The molecule has 1 amide bonds. The third-order valence-corrected chi connectivity index (χ3v) is 2.90. The number of pyridine rings is 1. The van der Waals surface area contributed by atoms with Crippen molar-refractivity contribution >= 4 is 16.9 Å². The van der Waals surface area contributed by atoms with Gasteiger partial charge in [0.15, 0.2) is 0 Å². The molecule has 4 nitrogen and oxygen atoms in total. The zero-order valence-electron chi connectivity index (χ0n) is 10.5. The first-order valence-corrected chi connectivity index (χ1v) is 5.76. The van der Waals surface area contributed by atoms with E-state index in [1.807, 2.05) is 18.3 Å². The number of hydrogen-bond donors (Lipinski definition) is 0. The lowest BCUT2D eigenvalue weighted by Gasteiger charge is -2.08. The smallest absolute Gasteiger partial charge is 0.226 e. The topological polar surface area (TPSA) is 38.1 Å². The molecule has 2 aromatic rings. The standard InChI is InChI=1S/C13H17N3O/c1-4-16-9-10(8-12(17)15(2)3)11-6-5-7-14-13(11)16/h5-7,9H,4,8H2,1-3H3. The van der Waals surface area contributed by atoms with E-state index >= 15 is 0 Å². The van der Waals surface area contributed by atoms with Gasteiger partial charge in [0.2, 0.25) is 5.91 Å². The van der Waals surface area contributed by atoms with E-state index in [1.165, 1.54) is 0 Å². The van der Waals surface area contributed by atoms with Crippen molar-refractivity contribution in [3.05, 3.63) is 30.1 Å². The number of hydrogen-bond acceptors (Lipinski definition) is 2. The molecule has 0 aliphatic carbocycles. The van der Waals surface area contributed by atoms with E-state index in [-0.39, 0.29) is 5.91 Å². The van der Waals surface area contributed by atoms with Gasteiger partial charge in [-0.25, -0.2) is 4.98 Å². The molecule has 0 spiro atoms. The number of carbonyl (C=O) groups is 1. The summed E-state index contributed by atoms with van der Waals surface area (Å²) in [6.07, 6.45) is 4.24. The first kappa shape index (κ1) is 11.6. The minimum Gasteiger partial charge on any atom is -0.349 e. The molecule has 0 saturated heterocycles. The predicted molar refractivity (Wildman–Crippen MR) is 67.8 cm³/mol. The Kier molecular flexibility index (Phi) is 3.13. The number of carbonyl (C=O) groups excluding carboxylic acids is 1. The van der Waals surface area contributed by atoms with Crippen molar-refractivity contribution in [1.29, 1.82) is 0 Å². The molecule has 2 heterocycles. The van der Waals surface area contributed by atoms with Gasteiger partial charge in [0, 0.05) is 38.4 Å². The molecule has 0 aliphatic rings. The van der Waals surface area contributed by atoms with Crippen molar-refractivity contribution in [3.8, 4) is 0 Å². The molecule has 90 valence electrons. The zero-order chi connectivity index (χ0) is 12.4. The Hall–Kier alpha value is -1.84. The number of rotatable bonds is 3. The molecule has 2 aromatic heterocycles. The summed E-state index contributed by atoms with van der Waals surface area (Å²) in [6.45, 7) is 2.94. The lowest BCUT2D eigenvalue weighted by molar-refractivity contribution is -0.127. The third kappa shape index (κ3) is 2.16. The summed E-state index contributed by atoms with van der Waals surface area (Å²) in [7, 11) is 3.55. The number of fused-ring (bicyclic) bond motifs is 1. The molecule has 4 heteroatoms. The highest BCUT2D eigenvalue weighted by atomic mass is 16.2. The maximum atomic E-state index is 11.7. The molecule has 0 unspecified atom stereocenters. The Morgan fingerprint density at radius 2 is 2.24 bits per heavy atom. The van der Waals surface area contributed by atoms with Crippen LogP contribution in [0.1, 0.15) is 12.5 Å². The lowest BCUT2D eigenvalue weighted by Crippen LogP contribution is -2.23. The Morgan fingerprint density at radius 1 is 1.47 bits per heavy atom. The third-order valence-electron chi connectivity index (χ3n) is 2.90. The summed E-state index contributed by atoms with van der Waals surface area (Å²) in [6, 6.07) is 3.93. The Labute approximate surface area is 101 Å². The summed E-state index contributed by atoms with van der Waals surface area (Å²) < 4.78 is 2.08. The summed E-state index contributed by atoms with van der Waals surface area (Å²) in [5, 5.41) is 1.07. The van der Waals surface area contributed by atoms with Crippen molar-refractivity contribution < 1.29 is 4.79 Å². The van der Waals surface area contributed by atoms with Crippen molar-refractivity contribution in [2.45, 2.75) is 19.9 Å². The molecule has 0 fully saturated rings. The molecule has 17 heavy (non-hydrogen) atoms. The monoisotopic (exact) mass is 231 g/mol. The molecule has 0 bridgehead atoms. The number of amides is 1. The zero-order valence-corrected chi connectivity index (χ0v) is 10.5. The summed E-state index contributed by atoms with van der Waals surface area (Å²) in [4.78, 5) is 17.7. The van der Waals surface area contributed by atoms with Crippen LogP contribution in [0.25, 0.3) is 11.0 Å². The Morgan fingerprint density at radius 3 is 2.88 bits per heavy atom. The molecule has 0 radical (unpaired) electrons. The van der Waals surface area contributed by atoms with Crippen LogP contribution in [0.4, 0.5) is 0 Å². The maximum Gasteiger partial charge on any atom is 0.226 e. The predicted octanol–water partition coefficient (Wildman–Crippen LogP) is 1.69. The average Bonchev–Trinajstić information content (AvgIpc) is 2.68. The van der Waals surface area contributed by atoms with E-state index in [2.05, 4.69) is 16.5 Å². The van der Waals surface area contributed by atoms with Gasteiger partial charge < -0.3 is 9.47 Å². The van der Waals surface area contributed by atoms with Gasteiger partial charge in [0.25, 0.3) is 0 Å². The highest BCUT2D eigenvalue weighted by Crippen LogP contribution is 2.20. The maximum absolute atomic E-state index is 11.7. The molecular formula is C13H17N3O. The van der Waals surface area contributed by atoms with Crippen LogP contribution < -0.4 is 0 Å². The molecule has 0 aromatic carbocycles. The van der Waals surface area contributed by atoms with Gasteiger partial charge >= 0.3 is 0 Å². The molecule has 2 rings (SSSR count). The van der Waals surface area contributed by atoms with Crippen LogP contribution in [0, 0.1) is 0 Å². The van der Waals surface area contributed by atoms with Gasteiger partial charge in [-0.1, -0.05) is 0 Å². The van der Waals surface area contributed by atoms with Gasteiger partial charge in [0.1, 0.15) is 5.65 Å². The molecule has 0 atom stereocenters. The number of nitrogens with zero attached hydrogens (tertiary/aromatic N) is 3. The van der Waals surface area contributed by atoms with E-state index < -0.39 is 0 Å². The number of aromatic nitrogens is 2. The van der Waals surface area contributed by atoms with Crippen LogP contribution in [0.5, 0.6) is 0 Å². The first-order chi connectivity index (χ1) is 8.13. The average molecular weight is 231 g/mol. The van der Waals surface area contributed by atoms with E-state index in [1.54, 1.807) is 25.2 Å². The van der Waals surface area contributed by atoms with Crippen LogP contribution in [0.2, 0.25) is 0 Å². The Bertz CT molecular complexity index is 543. The van der Waals surface area contributed by atoms with Crippen LogP contribution in [-0.2, 0) is 17.8 Å². The fraction of sp³-hybridized carbons (Fsp3) is 0.385. The van der Waals surface area contributed by atoms with Gasteiger partial charge in [-0.2, -0.15) is 0 Å². The largest absolute Gasteiger partial charge is 0.349 e. The minimum atomic E-state index is 0.115. The van der Waals surface area contributed by atoms with Crippen molar-refractivity contribution in [2.75, 3.05) is 14.1 Å². The van der Waals surface area contributed by atoms with Crippen molar-refractivity contribution in [1.82, 2.24) is 14.5 Å². The number of aryl methyl sites for hydroxylation is 1. The van der Waals surface area contributed by atoms with Crippen LogP contribution >= 0.6 is 0 Å². The summed E-state index contributed by atoms with van der Waals surface area (Å²) >= 11 is 0. The van der Waals surface area contributed by atoms with Crippen LogP contribution in [0.3, 0.4) is 0 Å². The summed E-state index contributed by atoms with van der Waals surface area (Å²) in [5.41, 5.74) is 2.00.